The van der Waals surface area contributed by atoms with Crippen LogP contribution in [0.2, 0.25) is 0 Å². The molecule has 2 aromatic carbocycles. The molecular weight excluding hydrogens is 406 g/mol. The Morgan fingerprint density at radius 1 is 0.909 bits per heavy atom. The number of ether oxygens (including phenoxy) is 2. The van der Waals surface area contributed by atoms with Crippen molar-refractivity contribution in [3.05, 3.63) is 97.3 Å². The predicted octanol–water partition coefficient (Wildman–Crippen LogP) is 9.10. The van der Waals surface area contributed by atoms with Crippen LogP contribution in [-0.4, -0.2) is 13.7 Å². The zero-order valence-electron chi connectivity index (χ0n) is 21.1. The molecule has 0 unspecified atom stereocenters. The molecule has 0 radical (unpaired) electrons. The van der Waals surface area contributed by atoms with E-state index in [1.807, 2.05) is 68.5 Å². The fourth-order valence-electron chi connectivity index (χ4n) is 3.29. The number of hydrogen-bond donors (Lipinski definition) is 0. The molecule has 0 N–H and O–H groups in total. The van der Waals surface area contributed by atoms with Gasteiger partial charge in [-0.3, -0.25) is 0 Å². The molecule has 2 rings (SSSR count). The molecule has 0 fully saturated rings. The lowest BCUT2D eigenvalue weighted by molar-refractivity contribution is 0.413. The summed E-state index contributed by atoms with van der Waals surface area (Å²) >= 11 is 0. The van der Waals surface area contributed by atoms with Crippen molar-refractivity contribution < 1.29 is 9.47 Å². The predicted molar refractivity (Wildman–Crippen MR) is 145 cm³/mol. The van der Waals surface area contributed by atoms with Gasteiger partial charge >= 0.3 is 0 Å². The van der Waals surface area contributed by atoms with E-state index in [1.54, 1.807) is 7.11 Å². The Morgan fingerprint density at radius 3 is 1.97 bits per heavy atom. The zero-order chi connectivity index (χ0) is 24.5. The van der Waals surface area contributed by atoms with E-state index in [-0.39, 0.29) is 0 Å². The third-order valence-corrected chi connectivity index (χ3v) is 4.95. The Kier molecular flexibility index (Phi) is 13.9. The maximum absolute atomic E-state index is 6.00. The summed E-state index contributed by atoms with van der Waals surface area (Å²) in [7, 11) is 1.66. The smallest absolute Gasteiger partial charge is 0.127 e. The van der Waals surface area contributed by atoms with Gasteiger partial charge < -0.3 is 14.4 Å². The SMILES string of the molecule is C=C/C=C(\C=C)CN(/C(=C\CC)CCCC)c1ccc(Oc2ccc(OC)cc2)cc1.CC. The van der Waals surface area contributed by atoms with E-state index >= 15 is 0 Å². The van der Waals surface area contributed by atoms with Gasteiger partial charge in [0.05, 0.1) is 7.11 Å². The molecule has 0 saturated heterocycles. The van der Waals surface area contributed by atoms with Crippen molar-refractivity contribution >= 4 is 5.69 Å². The first-order valence-electron chi connectivity index (χ1n) is 12.0. The Labute approximate surface area is 201 Å². The average Bonchev–Trinajstić information content (AvgIpc) is 2.87. The second-order valence-electron chi connectivity index (χ2n) is 7.25. The van der Waals surface area contributed by atoms with Crippen LogP contribution in [0.1, 0.15) is 53.4 Å². The summed E-state index contributed by atoms with van der Waals surface area (Å²) in [4.78, 5) is 2.37. The number of rotatable bonds is 13. The third-order valence-electron chi connectivity index (χ3n) is 4.95. The van der Waals surface area contributed by atoms with E-state index < -0.39 is 0 Å². The maximum atomic E-state index is 6.00. The maximum Gasteiger partial charge on any atom is 0.127 e. The monoisotopic (exact) mass is 447 g/mol. The van der Waals surface area contributed by atoms with Crippen molar-refractivity contribution in [3.63, 3.8) is 0 Å². The molecule has 3 nitrogen and oxygen atoms in total. The van der Waals surface area contributed by atoms with Crippen molar-refractivity contribution in [1.29, 1.82) is 0 Å². The van der Waals surface area contributed by atoms with Gasteiger partial charge in [-0.05, 0) is 73.4 Å². The van der Waals surface area contributed by atoms with Crippen LogP contribution < -0.4 is 14.4 Å². The third kappa shape index (κ3) is 9.44. The molecular formula is C30H41NO2. The number of hydrogen-bond acceptors (Lipinski definition) is 3. The Morgan fingerprint density at radius 2 is 1.48 bits per heavy atom. The minimum atomic E-state index is 0.754. The summed E-state index contributed by atoms with van der Waals surface area (Å²) in [5.74, 6) is 2.39. The highest BCUT2D eigenvalue weighted by Gasteiger charge is 2.13. The first-order chi connectivity index (χ1) is 16.1. The summed E-state index contributed by atoms with van der Waals surface area (Å²) in [6, 6.07) is 15.9. The standard InChI is InChI=1S/C28H35NO2.C2H6/c1-6-10-13-24(12-8-3)29(22-23(9-4)11-7-2)25-14-16-27(17-15-25)31-28-20-18-26(30-5)19-21-28;1-2/h7,9,11-12,14-21H,2,4,6,8,10,13,22H2,1,3,5H3;1-2H3/b23-11+,24-12-;. The van der Waals surface area contributed by atoms with Crippen LogP contribution in [0.25, 0.3) is 0 Å². The number of unbranched alkanes of at least 4 members (excludes halogenated alkanes) is 1. The first kappa shape index (κ1) is 27.8. The summed E-state index contributed by atoms with van der Waals surface area (Å²) < 4.78 is 11.2. The molecule has 0 spiro atoms. The van der Waals surface area contributed by atoms with E-state index in [9.17, 15) is 0 Å². The largest absolute Gasteiger partial charge is 0.497 e. The molecule has 0 aliphatic rings. The normalized spacial score (nSPS) is 11.2. The van der Waals surface area contributed by atoms with Crippen molar-refractivity contribution in [2.45, 2.75) is 53.4 Å². The van der Waals surface area contributed by atoms with Crippen LogP contribution in [0.15, 0.2) is 97.3 Å². The van der Waals surface area contributed by atoms with Crippen molar-refractivity contribution in [1.82, 2.24) is 0 Å². The van der Waals surface area contributed by atoms with Gasteiger partial charge in [0, 0.05) is 17.9 Å². The fourth-order valence-corrected chi connectivity index (χ4v) is 3.29. The Hall–Kier alpha value is -3.20. The van der Waals surface area contributed by atoms with Crippen LogP contribution in [0, 0.1) is 0 Å². The number of nitrogens with zero attached hydrogens (tertiary/aromatic N) is 1. The molecule has 0 bridgehead atoms. The highest BCUT2D eigenvalue weighted by atomic mass is 16.5. The summed E-state index contributed by atoms with van der Waals surface area (Å²) in [5.41, 5.74) is 3.60. The van der Waals surface area contributed by atoms with E-state index in [1.165, 1.54) is 12.1 Å². The highest BCUT2D eigenvalue weighted by Crippen LogP contribution is 2.29. The molecule has 2 aromatic rings. The molecule has 0 saturated carbocycles. The molecule has 0 aliphatic heterocycles. The van der Waals surface area contributed by atoms with E-state index in [0.29, 0.717) is 0 Å². The summed E-state index contributed by atoms with van der Waals surface area (Å²) in [5, 5.41) is 0. The lowest BCUT2D eigenvalue weighted by atomic mass is 10.1. The summed E-state index contributed by atoms with van der Waals surface area (Å²) in [6.07, 6.45) is 12.4. The molecule has 33 heavy (non-hydrogen) atoms. The van der Waals surface area contributed by atoms with Crippen molar-refractivity contribution in [3.8, 4) is 17.2 Å². The lowest BCUT2D eigenvalue weighted by Crippen LogP contribution is -2.25. The minimum absolute atomic E-state index is 0.754. The van der Waals surface area contributed by atoms with E-state index in [2.05, 4.69) is 50.1 Å². The topological polar surface area (TPSA) is 21.7 Å². The summed E-state index contributed by atoms with van der Waals surface area (Å²) in [6.45, 7) is 17.0. The Balaban J connectivity index is 0.00000265. The minimum Gasteiger partial charge on any atom is -0.497 e. The van der Waals surface area contributed by atoms with Crippen LogP contribution >= 0.6 is 0 Å². The van der Waals surface area contributed by atoms with E-state index in [0.717, 1.165) is 54.3 Å². The van der Waals surface area contributed by atoms with E-state index in [4.69, 9.17) is 9.47 Å². The van der Waals surface area contributed by atoms with Crippen LogP contribution in [0.4, 0.5) is 5.69 Å². The second-order valence-corrected chi connectivity index (χ2v) is 7.25. The Bertz CT molecular complexity index is 877. The molecule has 3 heteroatoms. The van der Waals surface area contributed by atoms with Gasteiger partial charge in [0.1, 0.15) is 17.2 Å². The van der Waals surface area contributed by atoms with Crippen LogP contribution in [0.3, 0.4) is 0 Å². The first-order valence-corrected chi connectivity index (χ1v) is 12.0. The quantitative estimate of drug-likeness (QED) is 0.286. The number of anilines is 1. The zero-order valence-corrected chi connectivity index (χ0v) is 21.1. The number of methoxy groups -OCH3 is 1. The average molecular weight is 448 g/mol. The molecule has 0 aliphatic carbocycles. The fraction of sp³-hybridized carbons (Fsp3) is 0.333. The molecule has 178 valence electrons. The van der Waals surface area contributed by atoms with Gasteiger partial charge in [0.25, 0.3) is 0 Å². The molecule has 0 atom stereocenters. The van der Waals surface area contributed by atoms with Crippen molar-refractivity contribution in [2.75, 3.05) is 18.6 Å². The van der Waals surface area contributed by atoms with Gasteiger partial charge in [0.15, 0.2) is 0 Å². The van der Waals surface area contributed by atoms with Gasteiger partial charge in [-0.15, -0.1) is 0 Å². The van der Waals surface area contributed by atoms with Gasteiger partial charge in [-0.1, -0.05) is 71.6 Å². The van der Waals surface area contributed by atoms with Gasteiger partial charge in [-0.2, -0.15) is 0 Å². The second kappa shape index (κ2) is 16.4. The van der Waals surface area contributed by atoms with Crippen molar-refractivity contribution in [2.24, 2.45) is 0 Å². The van der Waals surface area contributed by atoms with Crippen LogP contribution in [-0.2, 0) is 0 Å². The molecule has 0 heterocycles. The molecule has 0 amide bonds. The van der Waals surface area contributed by atoms with Gasteiger partial charge in [0.2, 0.25) is 0 Å². The van der Waals surface area contributed by atoms with Gasteiger partial charge in [-0.25, -0.2) is 0 Å². The van der Waals surface area contributed by atoms with Crippen LogP contribution in [0.5, 0.6) is 17.2 Å². The highest BCUT2D eigenvalue weighted by molar-refractivity contribution is 5.56. The lowest BCUT2D eigenvalue weighted by Gasteiger charge is -2.29. The number of allylic oxidation sites excluding steroid dienone is 4. The molecule has 0 aromatic heterocycles. The number of benzene rings is 2.